The third kappa shape index (κ3) is 7.45. The number of carbonyl (C=O) groups excluding carboxylic acids is 5. The molecule has 3 saturated heterocycles. The highest BCUT2D eigenvalue weighted by atomic mass is 16.5. The number of ether oxygens (including phenoxy) is 1. The molecule has 2 N–H and O–H groups in total. The smallest absolute Gasteiger partial charge is 0.262 e. The molecule has 63 heavy (non-hydrogen) atoms. The van der Waals surface area contributed by atoms with Crippen molar-refractivity contribution in [2.24, 2.45) is 16.7 Å². The minimum Gasteiger partial charge on any atom is -0.489 e. The number of amides is 5. The van der Waals surface area contributed by atoms with Gasteiger partial charge in [0.1, 0.15) is 17.9 Å². The van der Waals surface area contributed by atoms with Crippen molar-refractivity contribution in [2.75, 3.05) is 49.1 Å². The Morgan fingerprint density at radius 1 is 0.873 bits per heavy atom. The van der Waals surface area contributed by atoms with Gasteiger partial charge in [0.05, 0.1) is 23.2 Å². The molecule has 0 bridgehead atoms. The van der Waals surface area contributed by atoms with E-state index in [-0.39, 0.29) is 47.8 Å². The van der Waals surface area contributed by atoms with E-state index >= 15 is 0 Å². The van der Waals surface area contributed by atoms with E-state index in [4.69, 9.17) is 11.3 Å². The molecule has 0 radical (unpaired) electrons. The highest BCUT2D eigenvalue weighted by molar-refractivity contribution is 6.23. The van der Waals surface area contributed by atoms with Gasteiger partial charge in [0, 0.05) is 97.1 Å². The number of fused-ring (bicyclic) bond motifs is 2. The summed E-state index contributed by atoms with van der Waals surface area (Å²) in [6.07, 6.45) is 3.87. The number of piperidine rings is 2. The number of nitrogens with zero attached hydrogens (tertiary/aromatic N) is 6. The number of hydrogen-bond acceptors (Lipinski definition) is 10. The minimum atomic E-state index is -0.980. The Balaban J connectivity index is 0.751. The van der Waals surface area contributed by atoms with Crippen LogP contribution in [0, 0.1) is 23.3 Å². The maximum Gasteiger partial charge on any atom is 0.262 e. The van der Waals surface area contributed by atoms with E-state index in [0.717, 1.165) is 73.8 Å². The van der Waals surface area contributed by atoms with Crippen LogP contribution in [0.1, 0.15) is 91.4 Å². The molecule has 1 saturated carbocycles. The summed E-state index contributed by atoms with van der Waals surface area (Å²) in [6.45, 7) is 23.6. The van der Waals surface area contributed by atoms with Gasteiger partial charge in [-0.1, -0.05) is 33.8 Å². The second-order valence-electron chi connectivity index (χ2n) is 19.1. The van der Waals surface area contributed by atoms with Gasteiger partial charge in [-0.3, -0.25) is 44.1 Å². The van der Waals surface area contributed by atoms with E-state index in [0.29, 0.717) is 39.6 Å². The second-order valence-corrected chi connectivity index (χ2v) is 19.1. The van der Waals surface area contributed by atoms with Crippen LogP contribution in [0.4, 0.5) is 17.1 Å². The van der Waals surface area contributed by atoms with Gasteiger partial charge in [-0.15, -0.1) is 0 Å². The highest BCUT2D eigenvalue weighted by Crippen LogP contribution is 2.56. The third-order valence-electron chi connectivity index (χ3n) is 14.3. The zero-order valence-electron chi connectivity index (χ0n) is 36.5. The molecular weight excluding hydrogens is 797 g/mol. The van der Waals surface area contributed by atoms with Crippen LogP contribution in [-0.2, 0) is 9.59 Å². The molecule has 1 unspecified atom stereocenters. The lowest BCUT2D eigenvalue weighted by Gasteiger charge is -2.63. The fourth-order valence-corrected chi connectivity index (χ4v) is 11.2. The van der Waals surface area contributed by atoms with Crippen LogP contribution >= 0.6 is 0 Å². The van der Waals surface area contributed by atoms with Crippen molar-refractivity contribution in [3.05, 3.63) is 101 Å². The Labute approximate surface area is 367 Å². The number of hydrogen-bond donors (Lipinski definition) is 2. The standard InChI is InChI=1S/C49H54N8O6/c1-29-27-56(33-13-14-34-36(26-33)45(62)57(44(34)61)38-16-18-40(58)52-43(38)60)25-24-55(29)28-30-19-22-54(23-20-30)32-11-9-31(10-12-32)42(59)53-46-48(2,3)47(49(46,4)5)63-39-17-15-37(50-6)41-35(39)8-7-21-51-41/h7-15,17,21,26,29-30,38,46-47H,16,18-20,22-25,27-28H2,1-5H3,(H,53,59)(H,52,58,60)/t29-,38?,46?,47?/m0/s1. The normalized spacial score (nSPS) is 24.7. The van der Waals surface area contributed by atoms with E-state index in [1.54, 1.807) is 24.4 Å². The zero-order valence-corrected chi connectivity index (χ0v) is 36.5. The first kappa shape index (κ1) is 42.0. The van der Waals surface area contributed by atoms with Gasteiger partial charge in [0.25, 0.3) is 17.7 Å². The lowest BCUT2D eigenvalue weighted by atomic mass is 9.49. The topological polar surface area (TPSA) is 149 Å². The number of pyridine rings is 1. The molecule has 0 spiro atoms. The van der Waals surface area contributed by atoms with Gasteiger partial charge < -0.3 is 19.9 Å². The molecule has 4 aromatic rings. The third-order valence-corrected chi connectivity index (χ3v) is 14.3. The summed E-state index contributed by atoms with van der Waals surface area (Å²) in [6, 6.07) is 19.9. The Bertz CT molecular complexity index is 2540. The number of benzene rings is 3. The Hall–Kier alpha value is -6.33. The molecule has 1 aromatic heterocycles. The Kier molecular flexibility index (Phi) is 10.7. The number of nitrogens with one attached hydrogen (secondary N) is 2. The van der Waals surface area contributed by atoms with E-state index in [2.05, 4.69) is 81.9 Å². The number of imide groups is 2. The molecule has 4 aliphatic heterocycles. The first-order valence-electron chi connectivity index (χ1n) is 22.1. The fraction of sp³-hybridized carbons (Fsp3) is 0.449. The molecule has 9 rings (SSSR count). The van der Waals surface area contributed by atoms with Gasteiger partial charge in [0.15, 0.2) is 0 Å². The quantitative estimate of drug-likeness (QED) is 0.147. The molecular formula is C49H54N8O6. The number of carbonyl (C=O) groups is 5. The van der Waals surface area contributed by atoms with Gasteiger partial charge in [-0.2, -0.15) is 0 Å². The van der Waals surface area contributed by atoms with Crippen molar-refractivity contribution in [2.45, 2.75) is 84.5 Å². The SMILES string of the molecule is [C-]#[N+]c1ccc(OC2C(C)(C)C(NC(=O)c3ccc(N4CCC(CN5CCN(c6ccc7c(c6)C(=O)N(C6CCC(=O)NC6=O)C7=O)C[C@@H]5C)CC4)cc3)C2(C)C)c2cccnc12. The van der Waals surface area contributed by atoms with E-state index < -0.39 is 29.7 Å². The van der Waals surface area contributed by atoms with Gasteiger partial charge >= 0.3 is 0 Å². The van der Waals surface area contributed by atoms with Crippen molar-refractivity contribution in [3.8, 4) is 5.75 Å². The molecule has 5 heterocycles. The second kappa shape index (κ2) is 16.1. The van der Waals surface area contributed by atoms with Crippen molar-refractivity contribution in [1.29, 1.82) is 0 Å². The molecule has 2 atom stereocenters. The summed E-state index contributed by atoms with van der Waals surface area (Å²) in [5, 5.41) is 6.39. The summed E-state index contributed by atoms with van der Waals surface area (Å²) in [7, 11) is 0. The van der Waals surface area contributed by atoms with E-state index in [9.17, 15) is 24.0 Å². The first-order valence-corrected chi connectivity index (χ1v) is 22.1. The van der Waals surface area contributed by atoms with E-state index in [1.165, 1.54) is 0 Å². The van der Waals surface area contributed by atoms with E-state index in [1.807, 2.05) is 36.4 Å². The van der Waals surface area contributed by atoms with Crippen LogP contribution < -0.4 is 25.2 Å². The summed E-state index contributed by atoms with van der Waals surface area (Å²) < 4.78 is 6.67. The molecule has 3 aromatic carbocycles. The maximum atomic E-state index is 13.7. The maximum absolute atomic E-state index is 13.7. The Morgan fingerprint density at radius 3 is 2.29 bits per heavy atom. The number of piperazine rings is 1. The van der Waals surface area contributed by atoms with Gasteiger partial charge in [-0.05, 0) is 92.8 Å². The van der Waals surface area contributed by atoms with Crippen molar-refractivity contribution < 1.29 is 28.7 Å². The molecule has 5 amide bonds. The average molecular weight is 851 g/mol. The van der Waals surface area contributed by atoms with Crippen LogP contribution in [-0.4, -0.2) is 108 Å². The fourth-order valence-electron chi connectivity index (χ4n) is 11.2. The van der Waals surface area contributed by atoms with Gasteiger partial charge in [0.2, 0.25) is 17.5 Å². The van der Waals surface area contributed by atoms with Crippen LogP contribution in [0.5, 0.6) is 5.75 Å². The molecule has 326 valence electrons. The Morgan fingerprint density at radius 2 is 1.59 bits per heavy atom. The number of aromatic nitrogens is 1. The monoisotopic (exact) mass is 850 g/mol. The average Bonchev–Trinajstić information content (AvgIpc) is 3.52. The molecule has 5 aliphatic rings. The predicted octanol–water partition coefficient (Wildman–Crippen LogP) is 6.23. The lowest BCUT2D eigenvalue weighted by molar-refractivity contribution is -0.163. The largest absolute Gasteiger partial charge is 0.489 e. The first-order chi connectivity index (χ1) is 30.1. The number of rotatable bonds is 9. The van der Waals surface area contributed by atoms with Crippen LogP contribution in [0.25, 0.3) is 15.7 Å². The highest BCUT2D eigenvalue weighted by Gasteiger charge is 2.64. The summed E-state index contributed by atoms with van der Waals surface area (Å²) in [5.41, 5.74) is 3.61. The van der Waals surface area contributed by atoms with Crippen molar-refractivity contribution in [3.63, 3.8) is 0 Å². The molecule has 1 aliphatic carbocycles. The summed E-state index contributed by atoms with van der Waals surface area (Å²) in [5.74, 6) is -0.832. The summed E-state index contributed by atoms with van der Waals surface area (Å²) >= 11 is 0. The van der Waals surface area contributed by atoms with Gasteiger partial charge in [-0.25, -0.2) is 4.85 Å². The zero-order chi connectivity index (χ0) is 44.4. The molecule has 4 fully saturated rings. The predicted molar refractivity (Wildman–Crippen MR) is 239 cm³/mol. The lowest BCUT2D eigenvalue weighted by Crippen LogP contribution is -2.74. The minimum absolute atomic E-state index is 0.0885. The molecule has 14 heteroatoms. The molecule has 14 nitrogen and oxygen atoms in total. The number of anilines is 2. The van der Waals surface area contributed by atoms with Crippen molar-refractivity contribution in [1.82, 2.24) is 25.4 Å². The van der Waals surface area contributed by atoms with Crippen LogP contribution in [0.2, 0.25) is 0 Å². The summed E-state index contributed by atoms with van der Waals surface area (Å²) in [4.78, 5) is 80.8. The van der Waals surface area contributed by atoms with Crippen LogP contribution in [0.3, 0.4) is 0 Å². The van der Waals surface area contributed by atoms with Crippen LogP contribution in [0.15, 0.2) is 72.9 Å². The van der Waals surface area contributed by atoms with Crippen molar-refractivity contribution >= 4 is 57.5 Å².